The Morgan fingerprint density at radius 3 is 2.46 bits per heavy atom. The lowest BCUT2D eigenvalue weighted by Crippen LogP contribution is -2.03. The molecule has 3 nitrogen and oxygen atoms in total. The third-order valence-corrected chi connectivity index (χ3v) is 2.78. The fraction of sp³-hybridized carbons (Fsp3) is 0.600. The maximum Gasteiger partial charge on any atom is 0.307 e. The Morgan fingerprint density at radius 2 is 2.15 bits per heavy atom. The molecule has 2 atom stereocenters. The molecule has 0 aromatic heterocycles. The summed E-state index contributed by atoms with van der Waals surface area (Å²) in [5.74, 6) is -1.07. The lowest BCUT2D eigenvalue weighted by atomic mass is 10.1. The number of carboxylic acid groups (broad SMARTS) is 1. The molecule has 1 aliphatic rings. The van der Waals surface area contributed by atoms with Gasteiger partial charge in [0.1, 0.15) is 0 Å². The second kappa shape index (κ2) is 2.88. The van der Waals surface area contributed by atoms with Crippen LogP contribution in [0.1, 0.15) is 20.8 Å². The summed E-state index contributed by atoms with van der Waals surface area (Å²) in [7, 11) is 0. The first-order valence-corrected chi connectivity index (χ1v) is 4.22. The Hall–Kier alpha value is -1.30. The third-order valence-electron chi connectivity index (χ3n) is 2.78. The first-order chi connectivity index (χ1) is 5.91. The highest BCUT2D eigenvalue weighted by Crippen LogP contribution is 2.59. The molecule has 0 amide bonds. The van der Waals surface area contributed by atoms with Gasteiger partial charge in [0.05, 0.1) is 12.0 Å². The molecule has 0 aromatic rings. The van der Waals surface area contributed by atoms with Gasteiger partial charge in [0.25, 0.3) is 0 Å². The zero-order valence-corrected chi connectivity index (χ0v) is 8.03. The van der Waals surface area contributed by atoms with Crippen molar-refractivity contribution in [3.63, 3.8) is 0 Å². The molecule has 1 saturated carbocycles. The van der Waals surface area contributed by atoms with E-state index in [1.165, 1.54) is 0 Å². The number of aliphatic carboxylic acids is 1. The number of carbonyl (C=O) groups is 1. The van der Waals surface area contributed by atoms with Gasteiger partial charge in [-0.15, -0.1) is 0 Å². The van der Waals surface area contributed by atoms with E-state index in [0.29, 0.717) is 5.57 Å². The topological polar surface area (TPSA) is 61.1 Å². The Morgan fingerprint density at radius 1 is 1.62 bits per heavy atom. The maximum absolute atomic E-state index is 10.7. The zero-order valence-electron chi connectivity index (χ0n) is 8.03. The van der Waals surface area contributed by atoms with Crippen LogP contribution in [0.25, 0.3) is 0 Å². The SMILES string of the molecule is C/C(C#N)=C/[C@@H]1[C@@H](C(=O)O)C1(C)C. The summed E-state index contributed by atoms with van der Waals surface area (Å²) in [6.45, 7) is 5.53. The molecule has 13 heavy (non-hydrogen) atoms. The van der Waals surface area contributed by atoms with Crippen LogP contribution in [-0.4, -0.2) is 11.1 Å². The van der Waals surface area contributed by atoms with Crippen molar-refractivity contribution in [1.29, 1.82) is 5.26 Å². The Bertz CT molecular complexity index is 309. The molecule has 0 bridgehead atoms. The average molecular weight is 179 g/mol. The summed E-state index contributed by atoms with van der Waals surface area (Å²) < 4.78 is 0. The highest BCUT2D eigenvalue weighted by Gasteiger charge is 2.60. The van der Waals surface area contributed by atoms with Gasteiger partial charge in [-0.25, -0.2) is 0 Å². The lowest BCUT2D eigenvalue weighted by Gasteiger charge is -1.96. The maximum atomic E-state index is 10.7. The van der Waals surface area contributed by atoms with E-state index < -0.39 is 5.97 Å². The molecular weight excluding hydrogens is 166 g/mol. The van der Waals surface area contributed by atoms with Crippen LogP contribution in [0.4, 0.5) is 0 Å². The normalized spacial score (nSPS) is 30.8. The van der Waals surface area contributed by atoms with Crippen LogP contribution < -0.4 is 0 Å². The van der Waals surface area contributed by atoms with E-state index in [-0.39, 0.29) is 17.3 Å². The fourth-order valence-electron chi connectivity index (χ4n) is 1.77. The molecule has 1 aliphatic carbocycles. The van der Waals surface area contributed by atoms with Crippen LogP contribution in [0.2, 0.25) is 0 Å². The molecule has 70 valence electrons. The summed E-state index contributed by atoms with van der Waals surface area (Å²) in [6, 6.07) is 2.00. The molecule has 0 aliphatic heterocycles. The van der Waals surface area contributed by atoms with Gasteiger partial charge in [0.15, 0.2) is 0 Å². The number of allylic oxidation sites excluding steroid dienone is 2. The smallest absolute Gasteiger partial charge is 0.307 e. The number of nitriles is 1. The minimum Gasteiger partial charge on any atom is -0.481 e. The Labute approximate surface area is 77.7 Å². The molecule has 0 unspecified atom stereocenters. The van der Waals surface area contributed by atoms with E-state index in [0.717, 1.165) is 0 Å². The van der Waals surface area contributed by atoms with Crippen molar-refractivity contribution in [2.24, 2.45) is 17.3 Å². The summed E-state index contributed by atoms with van der Waals surface area (Å²) in [6.07, 6.45) is 1.76. The lowest BCUT2D eigenvalue weighted by molar-refractivity contribution is -0.139. The average Bonchev–Trinajstić information content (AvgIpc) is 2.53. The van der Waals surface area contributed by atoms with Crippen molar-refractivity contribution in [3.8, 4) is 6.07 Å². The molecule has 1 fully saturated rings. The van der Waals surface area contributed by atoms with Gasteiger partial charge in [0, 0.05) is 5.57 Å². The molecule has 0 saturated heterocycles. The van der Waals surface area contributed by atoms with Gasteiger partial charge >= 0.3 is 5.97 Å². The molecule has 1 rings (SSSR count). The third kappa shape index (κ3) is 1.57. The summed E-state index contributed by atoms with van der Waals surface area (Å²) in [5, 5.41) is 17.4. The summed E-state index contributed by atoms with van der Waals surface area (Å²) >= 11 is 0. The van der Waals surface area contributed by atoms with Crippen LogP contribution >= 0.6 is 0 Å². The molecular formula is C10H13NO2. The molecule has 0 spiro atoms. The second-order valence-corrected chi connectivity index (χ2v) is 4.12. The van der Waals surface area contributed by atoms with Crippen molar-refractivity contribution in [2.45, 2.75) is 20.8 Å². The minimum atomic E-state index is -0.767. The standard InChI is InChI=1S/C10H13NO2/c1-6(5-11)4-7-8(9(12)13)10(7,2)3/h4,7-8H,1-3H3,(H,12,13)/b6-4-/t7-,8+/m1/s1. The number of carboxylic acids is 1. The number of nitrogens with zero attached hydrogens (tertiary/aromatic N) is 1. The number of hydrogen-bond donors (Lipinski definition) is 1. The number of rotatable bonds is 2. The molecule has 0 heterocycles. The second-order valence-electron chi connectivity index (χ2n) is 4.12. The molecule has 0 aromatic carbocycles. The van der Waals surface area contributed by atoms with Crippen molar-refractivity contribution < 1.29 is 9.90 Å². The van der Waals surface area contributed by atoms with Crippen molar-refractivity contribution in [3.05, 3.63) is 11.6 Å². The van der Waals surface area contributed by atoms with Crippen LogP contribution in [0, 0.1) is 28.6 Å². The first-order valence-electron chi connectivity index (χ1n) is 4.22. The van der Waals surface area contributed by atoms with E-state index in [1.807, 2.05) is 19.9 Å². The van der Waals surface area contributed by atoms with Gasteiger partial charge in [-0.1, -0.05) is 19.9 Å². The quantitative estimate of drug-likeness (QED) is 0.657. The van der Waals surface area contributed by atoms with Crippen LogP contribution in [0.15, 0.2) is 11.6 Å². The van der Waals surface area contributed by atoms with Gasteiger partial charge < -0.3 is 5.11 Å². The molecule has 0 radical (unpaired) electrons. The summed E-state index contributed by atoms with van der Waals surface area (Å²) in [5.41, 5.74) is 0.408. The predicted octanol–water partition coefficient (Wildman–Crippen LogP) is 1.81. The van der Waals surface area contributed by atoms with Crippen LogP contribution in [0.5, 0.6) is 0 Å². The largest absolute Gasteiger partial charge is 0.481 e. The van der Waals surface area contributed by atoms with E-state index in [1.54, 1.807) is 13.0 Å². The van der Waals surface area contributed by atoms with Gasteiger partial charge in [-0.3, -0.25) is 4.79 Å². The van der Waals surface area contributed by atoms with Crippen molar-refractivity contribution in [2.75, 3.05) is 0 Å². The van der Waals surface area contributed by atoms with Gasteiger partial charge in [-0.05, 0) is 18.3 Å². The predicted molar refractivity (Wildman–Crippen MR) is 47.8 cm³/mol. The monoisotopic (exact) mass is 179 g/mol. The first kappa shape index (κ1) is 9.79. The minimum absolute atomic E-state index is 0.0182. The Balaban J connectivity index is 2.79. The van der Waals surface area contributed by atoms with Crippen LogP contribution in [0.3, 0.4) is 0 Å². The highest BCUT2D eigenvalue weighted by molar-refractivity contribution is 5.76. The highest BCUT2D eigenvalue weighted by atomic mass is 16.4. The summed E-state index contributed by atoms with van der Waals surface area (Å²) in [4.78, 5) is 10.7. The fourth-order valence-corrected chi connectivity index (χ4v) is 1.77. The van der Waals surface area contributed by atoms with Crippen molar-refractivity contribution in [1.82, 2.24) is 0 Å². The van der Waals surface area contributed by atoms with E-state index in [9.17, 15) is 4.79 Å². The van der Waals surface area contributed by atoms with E-state index in [4.69, 9.17) is 10.4 Å². The van der Waals surface area contributed by atoms with Gasteiger partial charge in [0.2, 0.25) is 0 Å². The van der Waals surface area contributed by atoms with Crippen LogP contribution in [-0.2, 0) is 4.79 Å². The van der Waals surface area contributed by atoms with Gasteiger partial charge in [-0.2, -0.15) is 5.26 Å². The Kier molecular flexibility index (Phi) is 2.17. The number of hydrogen-bond acceptors (Lipinski definition) is 2. The molecule has 3 heteroatoms. The molecule has 1 N–H and O–H groups in total. The van der Waals surface area contributed by atoms with E-state index >= 15 is 0 Å². The van der Waals surface area contributed by atoms with Crippen molar-refractivity contribution >= 4 is 5.97 Å². The zero-order chi connectivity index (χ0) is 10.2. The van der Waals surface area contributed by atoms with E-state index in [2.05, 4.69) is 0 Å².